The molecular formula is C23H31FN2O3. The van der Waals surface area contributed by atoms with Crippen LogP contribution in [-0.2, 0) is 14.3 Å². The molecule has 6 heteroatoms. The summed E-state index contributed by atoms with van der Waals surface area (Å²) in [6.07, 6.45) is 3.29. The SMILES string of the molecule is CC(C)C[C@H]1C(=O)N[C@@H](C2CCOCC2)CN1C(=O)[C@@H]1C[C@H]1c1ccc(F)cc1. The summed E-state index contributed by atoms with van der Waals surface area (Å²) < 4.78 is 18.7. The monoisotopic (exact) mass is 402 g/mol. The Labute approximate surface area is 172 Å². The Bertz CT molecular complexity index is 745. The van der Waals surface area contributed by atoms with Gasteiger partial charge in [0.15, 0.2) is 0 Å². The summed E-state index contributed by atoms with van der Waals surface area (Å²) in [6, 6.07) is 6.05. The van der Waals surface area contributed by atoms with Crippen LogP contribution in [0.15, 0.2) is 24.3 Å². The molecule has 0 bridgehead atoms. The van der Waals surface area contributed by atoms with Gasteiger partial charge in [0.05, 0.1) is 0 Å². The molecule has 0 unspecified atom stereocenters. The minimum atomic E-state index is -0.395. The van der Waals surface area contributed by atoms with Crippen molar-refractivity contribution in [1.29, 1.82) is 0 Å². The third-order valence-electron chi connectivity index (χ3n) is 6.62. The molecule has 1 aromatic carbocycles. The Morgan fingerprint density at radius 3 is 2.59 bits per heavy atom. The number of hydrogen-bond acceptors (Lipinski definition) is 3. The van der Waals surface area contributed by atoms with Gasteiger partial charge in [0, 0.05) is 31.7 Å². The van der Waals surface area contributed by atoms with Crippen LogP contribution in [0.4, 0.5) is 4.39 Å². The van der Waals surface area contributed by atoms with E-state index in [4.69, 9.17) is 4.74 Å². The van der Waals surface area contributed by atoms with Crippen LogP contribution in [0.3, 0.4) is 0 Å². The number of amides is 2. The fourth-order valence-corrected chi connectivity index (χ4v) is 4.87. The number of rotatable bonds is 5. The lowest BCUT2D eigenvalue weighted by Gasteiger charge is -2.43. The van der Waals surface area contributed by atoms with Crippen LogP contribution in [-0.4, -0.2) is 48.6 Å². The molecule has 4 atom stereocenters. The lowest BCUT2D eigenvalue weighted by Crippen LogP contribution is -2.64. The van der Waals surface area contributed by atoms with E-state index in [2.05, 4.69) is 19.2 Å². The van der Waals surface area contributed by atoms with E-state index < -0.39 is 6.04 Å². The number of ether oxygens (including phenoxy) is 1. The number of nitrogens with zero attached hydrogens (tertiary/aromatic N) is 1. The molecule has 1 aromatic rings. The molecule has 3 aliphatic rings. The highest BCUT2D eigenvalue weighted by molar-refractivity contribution is 5.91. The fourth-order valence-electron chi connectivity index (χ4n) is 4.87. The maximum absolute atomic E-state index is 13.4. The van der Waals surface area contributed by atoms with Gasteiger partial charge in [0.2, 0.25) is 11.8 Å². The van der Waals surface area contributed by atoms with Gasteiger partial charge in [0.1, 0.15) is 11.9 Å². The summed E-state index contributed by atoms with van der Waals surface area (Å²) >= 11 is 0. The van der Waals surface area contributed by atoms with Gasteiger partial charge in [-0.2, -0.15) is 0 Å². The van der Waals surface area contributed by atoms with Crippen LogP contribution < -0.4 is 5.32 Å². The van der Waals surface area contributed by atoms with Gasteiger partial charge in [-0.1, -0.05) is 26.0 Å². The first-order valence-electron chi connectivity index (χ1n) is 10.9. The molecule has 2 heterocycles. The molecular weight excluding hydrogens is 371 g/mol. The molecule has 158 valence electrons. The fraction of sp³-hybridized carbons (Fsp3) is 0.652. The summed E-state index contributed by atoms with van der Waals surface area (Å²) in [5.74, 6) is 0.514. The van der Waals surface area contributed by atoms with Crippen molar-refractivity contribution in [3.05, 3.63) is 35.6 Å². The molecule has 0 radical (unpaired) electrons. The van der Waals surface area contributed by atoms with Gasteiger partial charge >= 0.3 is 0 Å². The largest absolute Gasteiger partial charge is 0.381 e. The normalized spacial score (nSPS) is 30.3. The zero-order chi connectivity index (χ0) is 20.5. The third kappa shape index (κ3) is 4.47. The summed E-state index contributed by atoms with van der Waals surface area (Å²) in [6.45, 7) is 6.18. The lowest BCUT2D eigenvalue weighted by molar-refractivity contribution is -0.147. The van der Waals surface area contributed by atoms with Crippen molar-refractivity contribution >= 4 is 11.8 Å². The van der Waals surface area contributed by atoms with Gasteiger partial charge in [-0.3, -0.25) is 9.59 Å². The minimum Gasteiger partial charge on any atom is -0.381 e. The highest BCUT2D eigenvalue weighted by Crippen LogP contribution is 2.49. The van der Waals surface area contributed by atoms with E-state index in [0.717, 1.165) is 38.0 Å². The molecule has 1 saturated carbocycles. The van der Waals surface area contributed by atoms with Gasteiger partial charge in [-0.15, -0.1) is 0 Å². The van der Waals surface area contributed by atoms with Crippen LogP contribution >= 0.6 is 0 Å². The number of halogens is 1. The van der Waals surface area contributed by atoms with E-state index in [1.54, 1.807) is 12.1 Å². The van der Waals surface area contributed by atoms with Crippen LogP contribution in [0.5, 0.6) is 0 Å². The first-order valence-corrected chi connectivity index (χ1v) is 10.9. The standard InChI is InChI=1S/C23H31FN2O3/c1-14(2)11-21-22(27)25-20(16-7-9-29-10-8-16)13-26(21)23(28)19-12-18(19)15-3-5-17(24)6-4-15/h3-6,14,16,18-21H,7-13H2,1-2H3,(H,25,27)/t18-,19+,20+,21-/m0/s1. The van der Waals surface area contributed by atoms with E-state index >= 15 is 0 Å². The molecule has 29 heavy (non-hydrogen) atoms. The predicted octanol–water partition coefficient (Wildman–Crippen LogP) is 3.10. The quantitative estimate of drug-likeness (QED) is 0.823. The Morgan fingerprint density at radius 2 is 1.93 bits per heavy atom. The van der Waals surface area contributed by atoms with Crippen molar-refractivity contribution < 1.29 is 18.7 Å². The highest BCUT2D eigenvalue weighted by atomic mass is 19.1. The zero-order valence-electron chi connectivity index (χ0n) is 17.3. The van der Waals surface area contributed by atoms with Crippen molar-refractivity contribution in [3.8, 4) is 0 Å². The smallest absolute Gasteiger partial charge is 0.243 e. The van der Waals surface area contributed by atoms with Crippen molar-refractivity contribution in [1.82, 2.24) is 10.2 Å². The number of piperazine rings is 1. The maximum Gasteiger partial charge on any atom is 0.243 e. The lowest BCUT2D eigenvalue weighted by atomic mass is 9.87. The Kier molecular flexibility index (Phi) is 5.91. The first-order chi connectivity index (χ1) is 13.9. The second-order valence-electron chi connectivity index (χ2n) is 9.20. The molecule has 1 aliphatic carbocycles. The molecule has 5 nitrogen and oxygen atoms in total. The Balaban J connectivity index is 1.49. The Hall–Kier alpha value is -1.95. The van der Waals surface area contributed by atoms with Crippen LogP contribution in [0.1, 0.15) is 51.0 Å². The minimum absolute atomic E-state index is 0.00165. The molecule has 3 fully saturated rings. The third-order valence-corrected chi connectivity index (χ3v) is 6.62. The Morgan fingerprint density at radius 1 is 1.24 bits per heavy atom. The highest BCUT2D eigenvalue weighted by Gasteiger charge is 2.50. The zero-order valence-corrected chi connectivity index (χ0v) is 17.3. The van der Waals surface area contributed by atoms with E-state index in [0.29, 0.717) is 24.8 Å². The first kappa shape index (κ1) is 20.3. The molecule has 2 aliphatic heterocycles. The van der Waals surface area contributed by atoms with E-state index in [9.17, 15) is 14.0 Å². The summed E-state index contributed by atoms with van der Waals surface area (Å²) in [7, 11) is 0. The average Bonchev–Trinajstić information content (AvgIpc) is 3.50. The second kappa shape index (κ2) is 8.42. The predicted molar refractivity (Wildman–Crippen MR) is 108 cm³/mol. The molecule has 0 spiro atoms. The number of hydrogen-bond donors (Lipinski definition) is 1. The summed E-state index contributed by atoms with van der Waals surface area (Å²) in [5, 5.41) is 3.20. The average molecular weight is 403 g/mol. The molecule has 1 N–H and O–H groups in total. The number of nitrogens with one attached hydrogen (secondary N) is 1. The van der Waals surface area contributed by atoms with Gasteiger partial charge in [-0.05, 0) is 61.1 Å². The number of carbonyl (C=O) groups excluding carboxylic acids is 2. The van der Waals surface area contributed by atoms with E-state index in [1.807, 2.05) is 4.90 Å². The van der Waals surface area contributed by atoms with E-state index in [-0.39, 0.29) is 35.5 Å². The summed E-state index contributed by atoms with van der Waals surface area (Å²) in [4.78, 5) is 28.2. The van der Waals surface area contributed by atoms with Crippen LogP contribution in [0.25, 0.3) is 0 Å². The van der Waals surface area contributed by atoms with Crippen molar-refractivity contribution in [3.63, 3.8) is 0 Å². The second-order valence-corrected chi connectivity index (χ2v) is 9.20. The van der Waals surface area contributed by atoms with Gasteiger partial charge in [-0.25, -0.2) is 4.39 Å². The van der Waals surface area contributed by atoms with E-state index in [1.165, 1.54) is 12.1 Å². The van der Waals surface area contributed by atoms with Crippen molar-refractivity contribution in [2.45, 2.75) is 57.5 Å². The number of benzene rings is 1. The maximum atomic E-state index is 13.4. The van der Waals surface area contributed by atoms with Crippen LogP contribution in [0.2, 0.25) is 0 Å². The van der Waals surface area contributed by atoms with Crippen LogP contribution in [0, 0.1) is 23.6 Å². The van der Waals surface area contributed by atoms with Crippen molar-refractivity contribution in [2.75, 3.05) is 19.8 Å². The number of carbonyl (C=O) groups is 2. The van der Waals surface area contributed by atoms with Crippen molar-refractivity contribution in [2.24, 2.45) is 17.8 Å². The molecule has 4 rings (SSSR count). The summed E-state index contributed by atoms with van der Waals surface area (Å²) in [5.41, 5.74) is 1.01. The molecule has 0 aromatic heterocycles. The molecule has 2 saturated heterocycles. The topological polar surface area (TPSA) is 58.6 Å². The van der Waals surface area contributed by atoms with Gasteiger partial charge < -0.3 is 15.0 Å². The molecule has 2 amide bonds. The van der Waals surface area contributed by atoms with Gasteiger partial charge in [0.25, 0.3) is 0 Å².